The molecule has 2 N–H and O–H groups in total. The molecule has 2 amide bonds. The summed E-state index contributed by atoms with van der Waals surface area (Å²) >= 11 is 5.40. The smallest absolute Gasteiger partial charge is 0.270 e. The number of carbonyl (C=O) groups excluding carboxylic acids is 2. The van der Waals surface area contributed by atoms with Crippen LogP contribution in [0.1, 0.15) is 50.9 Å². The Morgan fingerprint density at radius 3 is 2.15 bits per heavy atom. The summed E-state index contributed by atoms with van der Waals surface area (Å²) in [5.41, 5.74) is 2.13. The van der Waals surface area contributed by atoms with Crippen molar-refractivity contribution in [1.82, 2.24) is 10.2 Å². The molecule has 11 heteroatoms. The zero-order valence-electron chi connectivity index (χ0n) is 23.6. The lowest BCUT2D eigenvalue weighted by molar-refractivity contribution is -0.384. The van der Waals surface area contributed by atoms with Gasteiger partial charge in [0.1, 0.15) is 0 Å². The molecule has 0 spiro atoms. The molecule has 2 aliphatic heterocycles. The first-order valence-electron chi connectivity index (χ1n) is 13.7. The van der Waals surface area contributed by atoms with Gasteiger partial charge in [-0.2, -0.15) is 0 Å². The number of amides is 2. The van der Waals surface area contributed by atoms with Crippen molar-refractivity contribution in [2.45, 2.75) is 40.5 Å². The van der Waals surface area contributed by atoms with Crippen LogP contribution in [0.25, 0.3) is 0 Å². The fraction of sp³-hybridized carbons (Fsp3) is 0.483. The Morgan fingerprint density at radius 1 is 0.950 bits per heavy atom. The van der Waals surface area contributed by atoms with Crippen molar-refractivity contribution >= 4 is 51.9 Å². The van der Waals surface area contributed by atoms with Gasteiger partial charge >= 0.3 is 0 Å². The van der Waals surface area contributed by atoms with Gasteiger partial charge in [-0.3, -0.25) is 25.0 Å². The molecule has 10 nitrogen and oxygen atoms in total. The van der Waals surface area contributed by atoms with Gasteiger partial charge in [0.2, 0.25) is 5.91 Å². The molecule has 4 rings (SSSR count). The van der Waals surface area contributed by atoms with E-state index in [0.29, 0.717) is 30.4 Å². The molecule has 0 unspecified atom stereocenters. The third-order valence-corrected chi connectivity index (χ3v) is 7.69. The summed E-state index contributed by atoms with van der Waals surface area (Å²) in [6.45, 7) is 12.5. The van der Waals surface area contributed by atoms with Crippen molar-refractivity contribution in [2.24, 2.45) is 11.3 Å². The summed E-state index contributed by atoms with van der Waals surface area (Å²) in [6, 6.07) is 12.1. The number of hydrogen-bond acceptors (Lipinski definition) is 7. The number of hydrogen-bond donors (Lipinski definition) is 2. The summed E-state index contributed by atoms with van der Waals surface area (Å²) in [6.07, 6.45) is 2.00. The largest absolute Gasteiger partial charge is 0.371 e. The van der Waals surface area contributed by atoms with Crippen LogP contribution >= 0.6 is 12.2 Å². The maximum absolute atomic E-state index is 13.2. The average molecular weight is 567 g/mol. The van der Waals surface area contributed by atoms with Gasteiger partial charge < -0.3 is 20.0 Å². The number of nitrogens with one attached hydrogen (secondary N) is 2. The highest BCUT2D eigenvalue weighted by molar-refractivity contribution is 7.80. The van der Waals surface area contributed by atoms with Crippen molar-refractivity contribution in [3.05, 3.63) is 58.1 Å². The van der Waals surface area contributed by atoms with Gasteiger partial charge in [0.15, 0.2) is 5.11 Å². The van der Waals surface area contributed by atoms with Crippen LogP contribution in [0.3, 0.4) is 0 Å². The molecular formula is C29H38N6O4S. The van der Waals surface area contributed by atoms with Crippen molar-refractivity contribution in [1.29, 1.82) is 0 Å². The molecule has 0 aliphatic carbocycles. The highest BCUT2D eigenvalue weighted by Crippen LogP contribution is 2.29. The van der Waals surface area contributed by atoms with Gasteiger partial charge in [-0.15, -0.1) is 0 Å². The second kappa shape index (κ2) is 12.2. The maximum Gasteiger partial charge on any atom is 0.270 e. The maximum atomic E-state index is 13.2. The quantitative estimate of drug-likeness (QED) is 0.306. The number of benzene rings is 2. The standard InChI is InChI=1S/C29H38N6O4S/c1-20-11-13-33(14-12-20)25-10-9-23(35(38)39)19-24(25)26(36)31-28(40)30-21-5-7-22(8-6-21)32-15-17-34(18-16-32)27(37)29(2,3)4/h5-10,19-20H,11-18H2,1-4H3,(H2,30,31,36,40). The topological polar surface area (TPSA) is 111 Å². The number of thiocarbonyl (C=S) groups is 1. The van der Waals surface area contributed by atoms with Crippen molar-refractivity contribution in [3.63, 3.8) is 0 Å². The first-order valence-corrected chi connectivity index (χ1v) is 14.1. The van der Waals surface area contributed by atoms with E-state index >= 15 is 0 Å². The van der Waals surface area contributed by atoms with E-state index in [1.807, 2.05) is 49.9 Å². The number of anilines is 3. The second-order valence-corrected chi connectivity index (χ2v) is 12.0. The lowest BCUT2D eigenvalue weighted by Gasteiger charge is -2.38. The van der Waals surface area contributed by atoms with Crippen molar-refractivity contribution in [3.8, 4) is 0 Å². The molecule has 2 aromatic carbocycles. The molecule has 0 saturated carbocycles. The Bertz CT molecular complexity index is 1260. The van der Waals surface area contributed by atoms with Gasteiger partial charge in [0, 0.05) is 68.2 Å². The minimum absolute atomic E-state index is 0.108. The minimum Gasteiger partial charge on any atom is -0.371 e. The first-order chi connectivity index (χ1) is 18.9. The van der Waals surface area contributed by atoms with Crippen LogP contribution in [-0.2, 0) is 4.79 Å². The summed E-state index contributed by atoms with van der Waals surface area (Å²) in [7, 11) is 0. The molecule has 2 heterocycles. The summed E-state index contributed by atoms with van der Waals surface area (Å²) < 4.78 is 0. The van der Waals surface area contributed by atoms with E-state index in [0.717, 1.165) is 44.7 Å². The van der Waals surface area contributed by atoms with Crippen LogP contribution in [0.2, 0.25) is 0 Å². The number of piperidine rings is 1. The van der Waals surface area contributed by atoms with E-state index in [4.69, 9.17) is 12.2 Å². The number of nitro groups is 1. The SMILES string of the molecule is CC1CCN(c2ccc([N+](=O)[O-])cc2C(=O)NC(=S)Nc2ccc(N3CCN(C(=O)C(C)(C)C)CC3)cc2)CC1. The molecule has 2 fully saturated rings. The van der Waals surface area contributed by atoms with Gasteiger partial charge in [-0.25, -0.2) is 0 Å². The predicted molar refractivity (Wildman–Crippen MR) is 162 cm³/mol. The molecule has 214 valence electrons. The first kappa shape index (κ1) is 29.3. The zero-order chi connectivity index (χ0) is 29.0. The van der Waals surface area contributed by atoms with Crippen LogP contribution in [0.4, 0.5) is 22.7 Å². The Morgan fingerprint density at radius 2 is 1.57 bits per heavy atom. The molecule has 2 saturated heterocycles. The van der Waals surface area contributed by atoms with Gasteiger partial charge in [-0.1, -0.05) is 27.7 Å². The monoisotopic (exact) mass is 566 g/mol. The highest BCUT2D eigenvalue weighted by atomic mass is 32.1. The fourth-order valence-electron chi connectivity index (χ4n) is 5.08. The van der Waals surface area contributed by atoms with Crippen LogP contribution < -0.4 is 20.4 Å². The number of non-ortho nitro benzene ring substituents is 1. The van der Waals surface area contributed by atoms with Gasteiger partial charge in [-0.05, 0) is 61.3 Å². The number of piperazine rings is 1. The third kappa shape index (κ3) is 7.07. The van der Waals surface area contributed by atoms with Gasteiger partial charge in [0.05, 0.1) is 16.2 Å². The van der Waals surface area contributed by atoms with Crippen molar-refractivity contribution in [2.75, 3.05) is 54.4 Å². The molecular weight excluding hydrogens is 528 g/mol. The number of rotatable bonds is 5. The van der Waals surface area contributed by atoms with Crippen LogP contribution in [0, 0.1) is 21.4 Å². The Hall–Kier alpha value is -3.73. The Labute approximate surface area is 240 Å². The molecule has 0 aromatic heterocycles. The average Bonchev–Trinajstić information content (AvgIpc) is 2.92. The Balaban J connectivity index is 1.37. The van der Waals surface area contributed by atoms with Crippen LogP contribution in [0.5, 0.6) is 0 Å². The van der Waals surface area contributed by atoms with E-state index < -0.39 is 10.8 Å². The van der Waals surface area contributed by atoms with E-state index in [1.54, 1.807) is 6.07 Å². The molecule has 2 aromatic rings. The molecule has 40 heavy (non-hydrogen) atoms. The van der Waals surface area contributed by atoms with E-state index in [-0.39, 0.29) is 27.7 Å². The molecule has 0 bridgehead atoms. The normalized spacial score (nSPS) is 16.4. The second-order valence-electron chi connectivity index (χ2n) is 11.6. The van der Waals surface area contributed by atoms with Crippen LogP contribution in [-0.4, -0.2) is 66.0 Å². The highest BCUT2D eigenvalue weighted by Gasteiger charge is 2.30. The zero-order valence-corrected chi connectivity index (χ0v) is 24.4. The fourth-order valence-corrected chi connectivity index (χ4v) is 5.29. The summed E-state index contributed by atoms with van der Waals surface area (Å²) in [4.78, 5) is 42.9. The summed E-state index contributed by atoms with van der Waals surface area (Å²) in [5, 5.41) is 17.2. The minimum atomic E-state index is -0.501. The van der Waals surface area contributed by atoms with Gasteiger partial charge in [0.25, 0.3) is 11.6 Å². The summed E-state index contributed by atoms with van der Waals surface area (Å²) in [5.74, 6) is 0.288. The van der Waals surface area contributed by atoms with E-state index in [1.165, 1.54) is 12.1 Å². The number of nitrogens with zero attached hydrogens (tertiary/aromatic N) is 4. The number of nitro benzene ring substituents is 1. The van der Waals surface area contributed by atoms with Crippen LogP contribution in [0.15, 0.2) is 42.5 Å². The molecule has 0 atom stereocenters. The lowest BCUT2D eigenvalue weighted by Crippen LogP contribution is -2.51. The third-order valence-electron chi connectivity index (χ3n) is 7.49. The number of carbonyl (C=O) groups is 2. The Kier molecular flexibility index (Phi) is 8.92. The lowest BCUT2D eigenvalue weighted by atomic mass is 9.94. The van der Waals surface area contributed by atoms with E-state index in [2.05, 4.69) is 27.4 Å². The molecule has 0 radical (unpaired) electrons. The van der Waals surface area contributed by atoms with Crippen molar-refractivity contribution < 1.29 is 14.5 Å². The predicted octanol–water partition coefficient (Wildman–Crippen LogP) is 4.65. The van der Waals surface area contributed by atoms with E-state index in [9.17, 15) is 19.7 Å². The molecule has 2 aliphatic rings.